The van der Waals surface area contributed by atoms with Gasteiger partial charge in [-0.1, -0.05) is 18.2 Å². The second kappa shape index (κ2) is 5.39. The molecule has 0 saturated carbocycles. The van der Waals surface area contributed by atoms with Crippen LogP contribution in [0, 0.1) is 0 Å². The lowest BCUT2D eigenvalue weighted by atomic mass is 10.1. The van der Waals surface area contributed by atoms with E-state index < -0.39 is 11.9 Å². The Morgan fingerprint density at radius 2 is 2.05 bits per heavy atom. The normalized spacial score (nSPS) is 16.2. The fourth-order valence-electron chi connectivity index (χ4n) is 1.67. The maximum atomic E-state index is 11.5. The lowest BCUT2D eigenvalue weighted by molar-refractivity contribution is -0.137. The molecule has 0 aliphatic carbocycles. The molecule has 0 spiro atoms. The van der Waals surface area contributed by atoms with E-state index in [1.54, 1.807) is 31.2 Å². The van der Waals surface area contributed by atoms with Gasteiger partial charge in [0.25, 0.3) is 0 Å². The third-order valence-electron chi connectivity index (χ3n) is 2.45. The zero-order valence-corrected chi connectivity index (χ0v) is 10.3. The van der Waals surface area contributed by atoms with Crippen LogP contribution >= 0.6 is 0 Å². The minimum Gasteiger partial charge on any atom is -0.508 e. The molecule has 0 bridgehead atoms. The van der Waals surface area contributed by atoms with E-state index in [1.165, 1.54) is 6.08 Å². The van der Waals surface area contributed by atoms with Crippen molar-refractivity contribution in [2.75, 3.05) is 6.61 Å². The second-order valence-electron chi connectivity index (χ2n) is 3.76. The van der Waals surface area contributed by atoms with Crippen molar-refractivity contribution in [3.05, 3.63) is 53.3 Å². The first-order valence-corrected chi connectivity index (χ1v) is 5.72. The molecular formula is C14H12O5. The largest absolute Gasteiger partial charge is 0.508 e. The average Bonchev–Trinajstić information content (AvgIpc) is 2.67. The van der Waals surface area contributed by atoms with Gasteiger partial charge in [-0.25, -0.2) is 9.59 Å². The molecule has 5 heteroatoms. The molecule has 98 valence electrons. The maximum Gasteiger partial charge on any atom is 0.344 e. The lowest BCUT2D eigenvalue weighted by Gasteiger charge is -1.99. The van der Waals surface area contributed by atoms with Gasteiger partial charge in [0.1, 0.15) is 11.5 Å². The van der Waals surface area contributed by atoms with Crippen molar-refractivity contribution in [2.24, 2.45) is 0 Å². The molecule has 1 N–H and O–H groups in total. The van der Waals surface area contributed by atoms with Gasteiger partial charge in [-0.15, -0.1) is 0 Å². The summed E-state index contributed by atoms with van der Waals surface area (Å²) >= 11 is 0. The molecule has 0 atom stereocenters. The molecule has 1 aromatic rings. The highest BCUT2D eigenvalue weighted by Gasteiger charge is 2.25. The standard InChI is InChI=1S/C14H12O5/c1-2-18-13(16)8-9(15)7-12-10-5-3-4-6-11(10)14(17)19-12/h3-8,15H,2H2,1H3/b9-8-,12-7-. The number of allylic oxidation sites excluding steroid dienone is 1. The topological polar surface area (TPSA) is 72.8 Å². The highest BCUT2D eigenvalue weighted by Crippen LogP contribution is 2.29. The highest BCUT2D eigenvalue weighted by atomic mass is 16.5. The average molecular weight is 260 g/mol. The van der Waals surface area contributed by atoms with Crippen LogP contribution in [0.4, 0.5) is 0 Å². The quantitative estimate of drug-likeness (QED) is 0.512. The Bertz CT molecular complexity index is 583. The Morgan fingerprint density at radius 1 is 1.37 bits per heavy atom. The molecule has 5 nitrogen and oxygen atoms in total. The molecule has 0 amide bonds. The van der Waals surface area contributed by atoms with Crippen molar-refractivity contribution in [2.45, 2.75) is 6.92 Å². The van der Waals surface area contributed by atoms with E-state index in [-0.39, 0.29) is 18.1 Å². The van der Waals surface area contributed by atoms with Gasteiger partial charge in [0.05, 0.1) is 18.2 Å². The van der Waals surface area contributed by atoms with Gasteiger partial charge in [0, 0.05) is 11.6 Å². The van der Waals surface area contributed by atoms with Crippen LogP contribution < -0.4 is 0 Å². The van der Waals surface area contributed by atoms with Gasteiger partial charge >= 0.3 is 11.9 Å². The summed E-state index contributed by atoms with van der Waals surface area (Å²) in [6.45, 7) is 1.88. The Balaban J connectivity index is 2.27. The smallest absolute Gasteiger partial charge is 0.344 e. The Hall–Kier alpha value is -2.56. The number of hydrogen-bond donors (Lipinski definition) is 1. The summed E-state index contributed by atoms with van der Waals surface area (Å²) < 4.78 is 9.67. The van der Waals surface area contributed by atoms with Crippen LogP contribution in [-0.2, 0) is 14.3 Å². The zero-order valence-electron chi connectivity index (χ0n) is 10.3. The van der Waals surface area contributed by atoms with E-state index in [4.69, 9.17) is 4.74 Å². The molecule has 19 heavy (non-hydrogen) atoms. The van der Waals surface area contributed by atoms with Gasteiger partial charge in [0.2, 0.25) is 0 Å². The summed E-state index contributed by atoms with van der Waals surface area (Å²) in [7, 11) is 0. The fraction of sp³-hybridized carbons (Fsp3) is 0.143. The van der Waals surface area contributed by atoms with Gasteiger partial charge in [0.15, 0.2) is 0 Å². The van der Waals surface area contributed by atoms with E-state index in [0.29, 0.717) is 11.1 Å². The summed E-state index contributed by atoms with van der Waals surface area (Å²) in [6.07, 6.45) is 2.13. The highest BCUT2D eigenvalue weighted by molar-refractivity contribution is 6.03. The number of ether oxygens (including phenoxy) is 2. The summed E-state index contributed by atoms with van der Waals surface area (Å²) in [4.78, 5) is 22.7. The van der Waals surface area contributed by atoms with Gasteiger partial charge in [-0.05, 0) is 13.0 Å². The molecule has 1 aromatic carbocycles. The maximum absolute atomic E-state index is 11.5. The Labute approximate surface area is 109 Å². The van der Waals surface area contributed by atoms with Crippen LogP contribution in [0.15, 0.2) is 42.2 Å². The molecule has 0 fully saturated rings. The predicted molar refractivity (Wildman–Crippen MR) is 67.2 cm³/mol. The van der Waals surface area contributed by atoms with Crippen LogP contribution in [0.25, 0.3) is 5.76 Å². The van der Waals surface area contributed by atoms with E-state index >= 15 is 0 Å². The molecule has 0 aromatic heterocycles. The van der Waals surface area contributed by atoms with Crippen molar-refractivity contribution >= 4 is 17.7 Å². The number of esters is 2. The van der Waals surface area contributed by atoms with E-state index in [9.17, 15) is 14.7 Å². The summed E-state index contributed by atoms with van der Waals surface area (Å²) in [6, 6.07) is 6.80. The van der Waals surface area contributed by atoms with Gasteiger partial charge < -0.3 is 14.6 Å². The van der Waals surface area contributed by atoms with Crippen molar-refractivity contribution in [3.8, 4) is 0 Å². The van der Waals surface area contributed by atoms with Crippen LogP contribution in [0.1, 0.15) is 22.8 Å². The van der Waals surface area contributed by atoms with Crippen LogP contribution in [-0.4, -0.2) is 23.7 Å². The number of benzene rings is 1. The third-order valence-corrected chi connectivity index (χ3v) is 2.45. The Kier molecular flexibility index (Phi) is 3.66. The van der Waals surface area contributed by atoms with Crippen molar-refractivity contribution in [1.29, 1.82) is 0 Å². The first kappa shape index (κ1) is 12.9. The van der Waals surface area contributed by atoms with Gasteiger partial charge in [-0.3, -0.25) is 0 Å². The number of aliphatic hydroxyl groups excluding tert-OH is 1. The molecule has 0 saturated heterocycles. The minimum atomic E-state index is -0.658. The molecule has 1 heterocycles. The summed E-state index contributed by atoms with van der Waals surface area (Å²) in [5.41, 5.74) is 1.01. The molecule has 0 unspecified atom stereocenters. The Morgan fingerprint density at radius 3 is 2.74 bits per heavy atom. The second-order valence-corrected chi connectivity index (χ2v) is 3.76. The first-order chi connectivity index (χ1) is 9.11. The summed E-state index contributed by atoms with van der Waals surface area (Å²) in [5.74, 6) is -1.27. The third kappa shape index (κ3) is 2.82. The number of cyclic esters (lactones) is 1. The van der Waals surface area contributed by atoms with E-state index in [2.05, 4.69) is 4.74 Å². The van der Waals surface area contributed by atoms with E-state index in [0.717, 1.165) is 6.08 Å². The predicted octanol–water partition coefficient (Wildman–Crippen LogP) is 2.20. The zero-order chi connectivity index (χ0) is 13.8. The van der Waals surface area contributed by atoms with Crippen molar-refractivity contribution in [1.82, 2.24) is 0 Å². The number of carbonyl (C=O) groups excluding carboxylic acids is 2. The van der Waals surface area contributed by atoms with Crippen molar-refractivity contribution < 1.29 is 24.2 Å². The molecular weight excluding hydrogens is 248 g/mol. The van der Waals surface area contributed by atoms with Crippen LogP contribution in [0.3, 0.4) is 0 Å². The lowest BCUT2D eigenvalue weighted by Crippen LogP contribution is -2.00. The summed E-state index contributed by atoms with van der Waals surface area (Å²) in [5, 5.41) is 9.61. The molecule has 2 rings (SSSR count). The number of fused-ring (bicyclic) bond motifs is 1. The number of aliphatic hydroxyl groups is 1. The fourth-order valence-corrected chi connectivity index (χ4v) is 1.67. The van der Waals surface area contributed by atoms with E-state index in [1.807, 2.05) is 0 Å². The van der Waals surface area contributed by atoms with Crippen LogP contribution in [0.2, 0.25) is 0 Å². The van der Waals surface area contributed by atoms with Crippen LogP contribution in [0.5, 0.6) is 0 Å². The molecule has 1 aliphatic heterocycles. The first-order valence-electron chi connectivity index (χ1n) is 5.72. The molecule has 1 aliphatic rings. The SMILES string of the molecule is CCOC(=O)/C=C(O)/C=C1\OC(=O)c2ccccc21. The van der Waals surface area contributed by atoms with Gasteiger partial charge in [-0.2, -0.15) is 0 Å². The number of hydrogen-bond acceptors (Lipinski definition) is 5. The monoisotopic (exact) mass is 260 g/mol. The number of carbonyl (C=O) groups is 2. The molecule has 0 radical (unpaired) electrons. The number of rotatable bonds is 3. The van der Waals surface area contributed by atoms with Crippen molar-refractivity contribution in [3.63, 3.8) is 0 Å². The minimum absolute atomic E-state index is 0.207.